The Hall–Kier alpha value is -5.10. The number of ether oxygens (including phenoxy) is 4. The fourth-order valence-electron chi connectivity index (χ4n) is 3.51. The van der Waals surface area contributed by atoms with Crippen molar-refractivity contribution < 1.29 is 28.5 Å². The molecule has 0 fully saturated rings. The van der Waals surface area contributed by atoms with E-state index in [0.717, 1.165) is 33.8 Å². The van der Waals surface area contributed by atoms with E-state index in [1.165, 1.54) is 14.2 Å². The molecule has 0 amide bonds. The second-order valence-electron chi connectivity index (χ2n) is 8.44. The van der Waals surface area contributed by atoms with Crippen molar-refractivity contribution >= 4 is 36.2 Å². The lowest BCUT2D eigenvalue weighted by Crippen LogP contribution is -2.00. The van der Waals surface area contributed by atoms with Gasteiger partial charge >= 0.3 is 11.9 Å². The smallest absolute Gasteiger partial charge is 0.337 e. The molecule has 0 unspecified atom stereocenters. The van der Waals surface area contributed by atoms with E-state index in [1.807, 2.05) is 97.1 Å². The van der Waals surface area contributed by atoms with Gasteiger partial charge in [-0.3, -0.25) is 0 Å². The third-order valence-corrected chi connectivity index (χ3v) is 5.83. The fourth-order valence-corrected chi connectivity index (χ4v) is 3.51. The van der Waals surface area contributed by atoms with Gasteiger partial charge in [0.2, 0.25) is 0 Å². The third-order valence-electron chi connectivity index (χ3n) is 5.83. The van der Waals surface area contributed by atoms with E-state index < -0.39 is 0 Å². The van der Waals surface area contributed by atoms with Gasteiger partial charge in [0, 0.05) is 0 Å². The first-order chi connectivity index (χ1) is 19.4. The number of hydrogen-bond acceptors (Lipinski definition) is 6. The molecule has 40 heavy (non-hydrogen) atoms. The maximum atomic E-state index is 11.3. The molecule has 0 saturated heterocycles. The molecule has 4 rings (SSSR count). The molecule has 6 heteroatoms. The zero-order valence-electron chi connectivity index (χ0n) is 23.0. The van der Waals surface area contributed by atoms with Gasteiger partial charge in [0.25, 0.3) is 0 Å². The fraction of sp³-hybridized carbons (Fsp3) is 0.118. The quantitative estimate of drug-likeness (QED) is 0.174. The number of carbonyl (C=O) groups excluding carboxylic acids is 2. The van der Waals surface area contributed by atoms with Crippen LogP contribution < -0.4 is 9.47 Å². The molecule has 0 N–H and O–H groups in total. The highest BCUT2D eigenvalue weighted by molar-refractivity contribution is 5.90. The summed E-state index contributed by atoms with van der Waals surface area (Å²) in [5, 5.41) is 0. The number of benzene rings is 4. The standard InChI is InChI=1S/2C17H16O3/c2*1-19-16-11-7-14(8-12-16)4-3-13-5-9-15(10-6-13)17(18)20-2/h2*3-12H,1-2H3/b2*4-3+. The van der Waals surface area contributed by atoms with Gasteiger partial charge in [-0.25, -0.2) is 9.59 Å². The molecule has 0 aliphatic rings. The zero-order chi connectivity index (χ0) is 28.7. The van der Waals surface area contributed by atoms with Crippen molar-refractivity contribution in [3.05, 3.63) is 130 Å². The highest BCUT2D eigenvalue weighted by atomic mass is 16.5. The first kappa shape index (κ1) is 29.5. The van der Waals surface area contributed by atoms with Crippen molar-refractivity contribution in [3.63, 3.8) is 0 Å². The molecule has 0 heterocycles. The van der Waals surface area contributed by atoms with Crippen molar-refractivity contribution in [1.29, 1.82) is 0 Å². The van der Waals surface area contributed by atoms with E-state index in [0.29, 0.717) is 11.1 Å². The normalized spacial score (nSPS) is 10.5. The molecular formula is C34H32O6. The molecule has 0 spiro atoms. The van der Waals surface area contributed by atoms with Crippen LogP contribution in [0.25, 0.3) is 24.3 Å². The minimum atomic E-state index is -0.323. The zero-order valence-corrected chi connectivity index (χ0v) is 23.0. The molecule has 6 nitrogen and oxygen atoms in total. The Kier molecular flexibility index (Phi) is 11.3. The number of hydrogen-bond donors (Lipinski definition) is 0. The summed E-state index contributed by atoms with van der Waals surface area (Å²) in [5.41, 5.74) is 5.32. The molecule has 0 radical (unpaired) electrons. The van der Waals surface area contributed by atoms with Crippen LogP contribution >= 0.6 is 0 Å². The van der Waals surface area contributed by atoms with Crippen molar-refractivity contribution in [3.8, 4) is 11.5 Å². The predicted molar refractivity (Wildman–Crippen MR) is 159 cm³/mol. The van der Waals surface area contributed by atoms with Crippen molar-refractivity contribution in [2.75, 3.05) is 28.4 Å². The maximum Gasteiger partial charge on any atom is 0.337 e. The second-order valence-corrected chi connectivity index (χ2v) is 8.44. The predicted octanol–water partition coefficient (Wildman–Crippen LogP) is 7.30. The van der Waals surface area contributed by atoms with Gasteiger partial charge in [-0.05, 0) is 70.8 Å². The minimum Gasteiger partial charge on any atom is -0.497 e. The van der Waals surface area contributed by atoms with Gasteiger partial charge in [0.1, 0.15) is 11.5 Å². The van der Waals surface area contributed by atoms with Crippen LogP contribution in [-0.2, 0) is 9.47 Å². The molecule has 0 aliphatic heterocycles. The topological polar surface area (TPSA) is 71.1 Å². The summed E-state index contributed by atoms with van der Waals surface area (Å²) in [5.74, 6) is 1.03. The van der Waals surface area contributed by atoms with Crippen LogP contribution in [0.5, 0.6) is 11.5 Å². The summed E-state index contributed by atoms with van der Waals surface area (Å²) in [6.45, 7) is 0. The highest BCUT2D eigenvalue weighted by Gasteiger charge is 2.04. The van der Waals surface area contributed by atoms with Crippen molar-refractivity contribution in [2.24, 2.45) is 0 Å². The average Bonchev–Trinajstić information content (AvgIpc) is 3.03. The molecule has 4 aromatic carbocycles. The van der Waals surface area contributed by atoms with Crippen LogP contribution in [0.4, 0.5) is 0 Å². The van der Waals surface area contributed by atoms with Crippen LogP contribution in [0.3, 0.4) is 0 Å². The Morgan fingerprint density at radius 3 is 0.900 bits per heavy atom. The van der Waals surface area contributed by atoms with E-state index in [-0.39, 0.29) is 11.9 Å². The summed E-state index contributed by atoms with van der Waals surface area (Å²) in [7, 11) is 6.04. The lowest BCUT2D eigenvalue weighted by atomic mass is 10.1. The molecular weight excluding hydrogens is 504 g/mol. The van der Waals surface area contributed by atoms with Crippen molar-refractivity contribution in [2.45, 2.75) is 0 Å². The van der Waals surface area contributed by atoms with Gasteiger partial charge < -0.3 is 18.9 Å². The molecule has 4 aromatic rings. The third kappa shape index (κ3) is 9.03. The van der Waals surface area contributed by atoms with Crippen LogP contribution in [0.1, 0.15) is 43.0 Å². The van der Waals surface area contributed by atoms with Crippen LogP contribution in [-0.4, -0.2) is 40.4 Å². The maximum absolute atomic E-state index is 11.3. The summed E-state index contributed by atoms with van der Waals surface area (Å²) in [6.07, 6.45) is 7.99. The van der Waals surface area contributed by atoms with Crippen LogP contribution in [0, 0.1) is 0 Å². The number of carbonyl (C=O) groups is 2. The first-order valence-corrected chi connectivity index (χ1v) is 12.5. The van der Waals surface area contributed by atoms with Gasteiger partial charge in [0.15, 0.2) is 0 Å². The van der Waals surface area contributed by atoms with Crippen LogP contribution in [0.2, 0.25) is 0 Å². The summed E-state index contributed by atoms with van der Waals surface area (Å²) in [6, 6.07) is 30.1. The minimum absolute atomic E-state index is 0.323. The van der Waals surface area contributed by atoms with E-state index in [2.05, 4.69) is 9.47 Å². The Bertz CT molecular complexity index is 1300. The lowest BCUT2D eigenvalue weighted by Gasteiger charge is -2.00. The summed E-state index contributed by atoms with van der Waals surface area (Å²) >= 11 is 0. The second kappa shape index (κ2) is 15.3. The van der Waals surface area contributed by atoms with E-state index in [4.69, 9.17) is 9.47 Å². The molecule has 0 aliphatic carbocycles. The molecule has 204 valence electrons. The summed E-state index contributed by atoms with van der Waals surface area (Å²) < 4.78 is 19.5. The average molecular weight is 537 g/mol. The largest absolute Gasteiger partial charge is 0.497 e. The Morgan fingerprint density at radius 1 is 0.425 bits per heavy atom. The van der Waals surface area contributed by atoms with E-state index in [1.54, 1.807) is 38.5 Å². The monoisotopic (exact) mass is 536 g/mol. The molecule has 0 atom stereocenters. The Morgan fingerprint density at radius 2 is 0.675 bits per heavy atom. The molecule has 0 aromatic heterocycles. The SMILES string of the molecule is COC(=O)c1ccc(/C=C/c2ccc(OC)cc2)cc1.COC(=O)c1ccc(/C=C/c2ccc(OC)cc2)cc1. The van der Waals surface area contributed by atoms with Crippen LogP contribution in [0.15, 0.2) is 97.1 Å². The van der Waals surface area contributed by atoms with Crippen molar-refractivity contribution in [1.82, 2.24) is 0 Å². The number of rotatable bonds is 8. The van der Waals surface area contributed by atoms with Gasteiger partial charge in [-0.1, -0.05) is 72.8 Å². The Labute approximate surface area is 235 Å². The number of esters is 2. The highest BCUT2D eigenvalue weighted by Crippen LogP contribution is 2.16. The summed E-state index contributed by atoms with van der Waals surface area (Å²) in [4.78, 5) is 22.6. The van der Waals surface area contributed by atoms with Gasteiger partial charge in [-0.15, -0.1) is 0 Å². The van der Waals surface area contributed by atoms with E-state index in [9.17, 15) is 9.59 Å². The molecule has 0 bridgehead atoms. The Balaban J connectivity index is 0.000000220. The molecule has 0 saturated carbocycles. The van der Waals surface area contributed by atoms with Gasteiger partial charge in [0.05, 0.1) is 39.6 Å². The van der Waals surface area contributed by atoms with Gasteiger partial charge in [-0.2, -0.15) is 0 Å². The first-order valence-electron chi connectivity index (χ1n) is 12.5. The lowest BCUT2D eigenvalue weighted by molar-refractivity contribution is 0.0592. The van der Waals surface area contributed by atoms with E-state index >= 15 is 0 Å². The number of methoxy groups -OCH3 is 4.